The molecule has 6 heteroatoms. The van der Waals surface area contributed by atoms with Crippen molar-refractivity contribution in [2.75, 3.05) is 17.7 Å². The molecule has 2 N–H and O–H groups in total. The minimum absolute atomic E-state index is 0.311. The number of ether oxygens (including phenoxy) is 2. The van der Waals surface area contributed by atoms with E-state index >= 15 is 0 Å². The highest BCUT2D eigenvalue weighted by Gasteiger charge is 2.07. The highest BCUT2D eigenvalue weighted by molar-refractivity contribution is 5.87. The monoisotopic (exact) mass is 328 g/mol. The molecular formula is C18H20N2O4. The van der Waals surface area contributed by atoms with Gasteiger partial charge >= 0.3 is 12.2 Å². The molecule has 0 radical (unpaired) electrons. The quantitative estimate of drug-likeness (QED) is 0.851. The molecule has 0 unspecified atom stereocenters. The van der Waals surface area contributed by atoms with Gasteiger partial charge in [0.2, 0.25) is 0 Å². The first-order valence-corrected chi connectivity index (χ1v) is 7.63. The zero-order valence-corrected chi connectivity index (χ0v) is 13.7. The number of hydrogen-bond donors (Lipinski definition) is 2. The van der Waals surface area contributed by atoms with Gasteiger partial charge in [-0.3, -0.25) is 10.6 Å². The molecule has 0 bridgehead atoms. The number of amides is 2. The van der Waals surface area contributed by atoms with E-state index in [1.54, 1.807) is 24.3 Å². The van der Waals surface area contributed by atoms with Gasteiger partial charge in [-0.25, -0.2) is 9.59 Å². The van der Waals surface area contributed by atoms with Gasteiger partial charge in [-0.05, 0) is 36.2 Å². The second kappa shape index (κ2) is 8.57. The smallest absolute Gasteiger partial charge is 0.417 e. The topological polar surface area (TPSA) is 76.7 Å². The van der Waals surface area contributed by atoms with Crippen LogP contribution in [0.5, 0.6) is 5.75 Å². The lowest BCUT2D eigenvalue weighted by molar-refractivity contribution is 0.187. The molecule has 0 aliphatic carbocycles. The van der Waals surface area contributed by atoms with Gasteiger partial charge in [0.25, 0.3) is 0 Å². The molecule has 0 fully saturated rings. The average molecular weight is 328 g/mol. The fraction of sp³-hybridized carbons (Fsp3) is 0.222. The third-order valence-electron chi connectivity index (χ3n) is 3.19. The molecule has 2 aromatic rings. The van der Waals surface area contributed by atoms with Crippen molar-refractivity contribution in [1.82, 2.24) is 0 Å². The van der Waals surface area contributed by atoms with Crippen LogP contribution in [-0.2, 0) is 11.2 Å². The SMILES string of the molecule is CCCc1cccc(NC(=O)Oc2cccc(NC(=O)OC)c2)c1. The molecule has 0 heterocycles. The number of anilines is 2. The Hall–Kier alpha value is -3.02. The van der Waals surface area contributed by atoms with Crippen molar-refractivity contribution in [3.05, 3.63) is 54.1 Å². The molecule has 0 aliphatic heterocycles. The minimum atomic E-state index is -0.598. The maximum atomic E-state index is 12.0. The summed E-state index contributed by atoms with van der Waals surface area (Å²) in [5.74, 6) is 0.311. The van der Waals surface area contributed by atoms with Crippen LogP contribution in [0, 0.1) is 0 Å². The number of aryl methyl sites for hydroxylation is 1. The maximum Gasteiger partial charge on any atom is 0.417 e. The second-order valence-electron chi connectivity index (χ2n) is 5.11. The van der Waals surface area contributed by atoms with Crippen LogP contribution in [0.3, 0.4) is 0 Å². The van der Waals surface area contributed by atoms with E-state index < -0.39 is 12.2 Å². The first kappa shape index (κ1) is 17.3. The van der Waals surface area contributed by atoms with Crippen molar-refractivity contribution in [3.63, 3.8) is 0 Å². The van der Waals surface area contributed by atoms with Crippen LogP contribution in [0.2, 0.25) is 0 Å². The van der Waals surface area contributed by atoms with Crippen molar-refractivity contribution in [2.24, 2.45) is 0 Å². The molecule has 24 heavy (non-hydrogen) atoms. The lowest BCUT2D eigenvalue weighted by Crippen LogP contribution is -2.17. The molecule has 0 saturated heterocycles. The van der Waals surface area contributed by atoms with E-state index in [1.807, 2.05) is 18.2 Å². The predicted molar refractivity (Wildman–Crippen MR) is 92.6 cm³/mol. The van der Waals surface area contributed by atoms with Gasteiger partial charge in [0, 0.05) is 17.4 Å². The highest BCUT2D eigenvalue weighted by atomic mass is 16.6. The van der Waals surface area contributed by atoms with Crippen LogP contribution in [0.15, 0.2) is 48.5 Å². The van der Waals surface area contributed by atoms with Gasteiger partial charge in [-0.15, -0.1) is 0 Å². The van der Waals surface area contributed by atoms with E-state index in [9.17, 15) is 9.59 Å². The van der Waals surface area contributed by atoms with Crippen molar-refractivity contribution in [1.29, 1.82) is 0 Å². The Morgan fingerprint density at radius 3 is 2.33 bits per heavy atom. The van der Waals surface area contributed by atoms with Gasteiger partial charge in [0.05, 0.1) is 7.11 Å². The van der Waals surface area contributed by atoms with Gasteiger partial charge in [-0.2, -0.15) is 0 Å². The second-order valence-corrected chi connectivity index (χ2v) is 5.11. The predicted octanol–water partition coefficient (Wildman–Crippen LogP) is 4.43. The normalized spacial score (nSPS) is 9.92. The summed E-state index contributed by atoms with van der Waals surface area (Å²) in [4.78, 5) is 23.2. The molecular weight excluding hydrogens is 308 g/mol. The van der Waals surface area contributed by atoms with Crippen molar-refractivity contribution < 1.29 is 19.1 Å². The summed E-state index contributed by atoms with van der Waals surface area (Å²) in [6.45, 7) is 2.10. The Morgan fingerprint density at radius 2 is 1.62 bits per heavy atom. The van der Waals surface area contributed by atoms with Crippen molar-refractivity contribution in [3.8, 4) is 5.75 Å². The molecule has 2 aromatic carbocycles. The number of carbonyl (C=O) groups is 2. The number of hydrogen-bond acceptors (Lipinski definition) is 4. The van der Waals surface area contributed by atoms with E-state index in [4.69, 9.17) is 4.74 Å². The lowest BCUT2D eigenvalue weighted by Gasteiger charge is -2.09. The summed E-state index contributed by atoms with van der Waals surface area (Å²) in [7, 11) is 1.27. The highest BCUT2D eigenvalue weighted by Crippen LogP contribution is 2.19. The van der Waals surface area contributed by atoms with Gasteiger partial charge in [-0.1, -0.05) is 31.5 Å². The van der Waals surface area contributed by atoms with E-state index in [-0.39, 0.29) is 0 Å². The Labute approximate surface area is 140 Å². The molecule has 0 spiro atoms. The minimum Gasteiger partial charge on any atom is -0.453 e. The van der Waals surface area contributed by atoms with Crippen molar-refractivity contribution >= 4 is 23.6 Å². The first-order chi connectivity index (χ1) is 11.6. The van der Waals surface area contributed by atoms with Gasteiger partial charge in [0.1, 0.15) is 5.75 Å². The molecule has 0 saturated carbocycles. The van der Waals surface area contributed by atoms with E-state index in [1.165, 1.54) is 13.2 Å². The van der Waals surface area contributed by atoms with Gasteiger partial charge < -0.3 is 9.47 Å². The van der Waals surface area contributed by atoms with Crippen molar-refractivity contribution in [2.45, 2.75) is 19.8 Å². The summed E-state index contributed by atoms with van der Waals surface area (Å²) in [6.07, 6.45) is 0.794. The number of nitrogens with one attached hydrogen (secondary N) is 2. The molecule has 2 amide bonds. The average Bonchev–Trinajstić information content (AvgIpc) is 2.55. The third kappa shape index (κ3) is 5.31. The summed E-state index contributed by atoms with van der Waals surface area (Å²) in [6, 6.07) is 14.1. The number of rotatable bonds is 5. The Kier molecular flexibility index (Phi) is 6.19. The lowest BCUT2D eigenvalue weighted by atomic mass is 10.1. The maximum absolute atomic E-state index is 12.0. The van der Waals surface area contributed by atoms with Crippen LogP contribution >= 0.6 is 0 Å². The standard InChI is InChI=1S/C18H20N2O4/c1-3-6-13-7-4-8-14(11-13)20-18(22)24-16-10-5-9-15(12-16)19-17(21)23-2/h4-5,7-12H,3,6H2,1-2H3,(H,19,21)(H,20,22). The zero-order valence-electron chi connectivity index (χ0n) is 13.7. The molecule has 2 rings (SSSR count). The van der Waals surface area contributed by atoms with Crippen LogP contribution in [-0.4, -0.2) is 19.3 Å². The summed E-state index contributed by atoms with van der Waals surface area (Å²) in [5, 5.41) is 5.19. The molecule has 126 valence electrons. The third-order valence-corrected chi connectivity index (χ3v) is 3.19. The number of benzene rings is 2. The van der Waals surface area contributed by atoms with E-state index in [0.29, 0.717) is 17.1 Å². The summed E-state index contributed by atoms with van der Waals surface area (Å²) < 4.78 is 9.75. The summed E-state index contributed by atoms with van der Waals surface area (Å²) in [5.41, 5.74) is 2.30. The van der Waals surface area contributed by atoms with Gasteiger partial charge in [0.15, 0.2) is 0 Å². The molecule has 0 aromatic heterocycles. The molecule has 0 atom stereocenters. The molecule has 6 nitrogen and oxygen atoms in total. The van der Waals surface area contributed by atoms with E-state index in [0.717, 1.165) is 18.4 Å². The Bertz CT molecular complexity index is 716. The fourth-order valence-corrected chi connectivity index (χ4v) is 2.15. The van der Waals surface area contributed by atoms with Crippen LogP contribution in [0.25, 0.3) is 0 Å². The Balaban J connectivity index is 1.98. The van der Waals surface area contributed by atoms with Crippen LogP contribution < -0.4 is 15.4 Å². The summed E-state index contributed by atoms with van der Waals surface area (Å²) >= 11 is 0. The number of carbonyl (C=O) groups excluding carboxylic acids is 2. The van der Waals surface area contributed by atoms with E-state index in [2.05, 4.69) is 22.3 Å². The first-order valence-electron chi connectivity index (χ1n) is 7.63. The largest absolute Gasteiger partial charge is 0.453 e. The fourth-order valence-electron chi connectivity index (χ4n) is 2.15. The number of methoxy groups -OCH3 is 1. The zero-order chi connectivity index (χ0) is 17.4. The molecule has 0 aliphatic rings. The van der Waals surface area contributed by atoms with Crippen LogP contribution in [0.4, 0.5) is 21.0 Å². The van der Waals surface area contributed by atoms with Crippen LogP contribution in [0.1, 0.15) is 18.9 Å². The Morgan fingerprint density at radius 1 is 0.958 bits per heavy atom.